The maximum atomic E-state index is 5.59. The molecule has 0 bridgehead atoms. The standard InChI is InChI=1S/C11H15BrO2/c1-3-13-10-4-6-11(7-5-10)14-9(2)8-12/h4-7,9H,3,8H2,1-2H3. The Bertz CT molecular complexity index is 258. The maximum Gasteiger partial charge on any atom is 0.120 e. The van der Waals surface area contributed by atoms with Crippen LogP contribution in [-0.2, 0) is 0 Å². The van der Waals surface area contributed by atoms with Gasteiger partial charge in [0.15, 0.2) is 0 Å². The van der Waals surface area contributed by atoms with E-state index in [9.17, 15) is 0 Å². The van der Waals surface area contributed by atoms with Gasteiger partial charge >= 0.3 is 0 Å². The van der Waals surface area contributed by atoms with E-state index in [1.54, 1.807) is 0 Å². The van der Waals surface area contributed by atoms with E-state index in [4.69, 9.17) is 9.47 Å². The number of benzene rings is 1. The van der Waals surface area contributed by atoms with Crippen LogP contribution in [0.2, 0.25) is 0 Å². The Morgan fingerprint density at radius 3 is 2.29 bits per heavy atom. The molecule has 1 aromatic rings. The van der Waals surface area contributed by atoms with Gasteiger partial charge < -0.3 is 9.47 Å². The van der Waals surface area contributed by atoms with E-state index < -0.39 is 0 Å². The van der Waals surface area contributed by atoms with Gasteiger partial charge in [-0.2, -0.15) is 0 Å². The van der Waals surface area contributed by atoms with Crippen LogP contribution in [0.1, 0.15) is 13.8 Å². The molecule has 0 saturated heterocycles. The zero-order valence-corrected chi connectivity index (χ0v) is 10.1. The van der Waals surface area contributed by atoms with Crippen molar-refractivity contribution >= 4 is 15.9 Å². The molecular formula is C11H15BrO2. The second kappa shape index (κ2) is 5.91. The fourth-order valence-electron chi connectivity index (χ4n) is 1.04. The van der Waals surface area contributed by atoms with Crippen LogP contribution in [0, 0.1) is 0 Å². The Balaban J connectivity index is 2.54. The minimum Gasteiger partial charge on any atom is -0.494 e. The van der Waals surface area contributed by atoms with Crippen molar-refractivity contribution in [2.24, 2.45) is 0 Å². The lowest BCUT2D eigenvalue weighted by Gasteiger charge is -2.12. The predicted molar refractivity (Wildman–Crippen MR) is 61.5 cm³/mol. The minimum absolute atomic E-state index is 0.188. The normalized spacial score (nSPS) is 12.2. The zero-order valence-electron chi connectivity index (χ0n) is 8.50. The van der Waals surface area contributed by atoms with Crippen LogP contribution in [0.5, 0.6) is 11.5 Å². The monoisotopic (exact) mass is 258 g/mol. The van der Waals surface area contributed by atoms with Crippen molar-refractivity contribution in [3.63, 3.8) is 0 Å². The fraction of sp³-hybridized carbons (Fsp3) is 0.455. The summed E-state index contributed by atoms with van der Waals surface area (Å²) < 4.78 is 10.9. The molecule has 1 aromatic carbocycles. The summed E-state index contributed by atoms with van der Waals surface area (Å²) in [6.45, 7) is 4.68. The Labute approximate surface area is 93.4 Å². The number of hydrogen-bond donors (Lipinski definition) is 0. The first kappa shape index (κ1) is 11.4. The molecule has 0 aliphatic heterocycles. The van der Waals surface area contributed by atoms with E-state index in [-0.39, 0.29) is 6.10 Å². The lowest BCUT2D eigenvalue weighted by Crippen LogP contribution is -2.12. The van der Waals surface area contributed by atoms with Crippen molar-refractivity contribution in [3.05, 3.63) is 24.3 Å². The van der Waals surface area contributed by atoms with Crippen LogP contribution >= 0.6 is 15.9 Å². The van der Waals surface area contributed by atoms with Gasteiger partial charge in [-0.15, -0.1) is 0 Å². The molecule has 0 radical (unpaired) electrons. The third-order valence-electron chi connectivity index (χ3n) is 1.69. The second-order valence-corrected chi connectivity index (χ2v) is 3.63. The highest BCUT2D eigenvalue weighted by Crippen LogP contribution is 2.18. The predicted octanol–water partition coefficient (Wildman–Crippen LogP) is 3.25. The van der Waals surface area contributed by atoms with Crippen LogP contribution in [0.15, 0.2) is 24.3 Å². The van der Waals surface area contributed by atoms with Crippen molar-refractivity contribution in [2.45, 2.75) is 20.0 Å². The summed E-state index contributed by atoms with van der Waals surface area (Å²) in [5.74, 6) is 1.76. The van der Waals surface area contributed by atoms with Crippen LogP contribution in [0.25, 0.3) is 0 Å². The summed E-state index contributed by atoms with van der Waals surface area (Å²) in [7, 11) is 0. The van der Waals surface area contributed by atoms with Crippen molar-refractivity contribution in [1.29, 1.82) is 0 Å². The van der Waals surface area contributed by atoms with E-state index in [2.05, 4.69) is 15.9 Å². The van der Waals surface area contributed by atoms with Gasteiger partial charge in [0.05, 0.1) is 6.61 Å². The van der Waals surface area contributed by atoms with Crippen LogP contribution in [0.3, 0.4) is 0 Å². The van der Waals surface area contributed by atoms with E-state index >= 15 is 0 Å². The van der Waals surface area contributed by atoms with Crippen LogP contribution in [0.4, 0.5) is 0 Å². The van der Waals surface area contributed by atoms with Gasteiger partial charge in [-0.25, -0.2) is 0 Å². The largest absolute Gasteiger partial charge is 0.494 e. The molecule has 1 unspecified atom stereocenters. The smallest absolute Gasteiger partial charge is 0.120 e. The second-order valence-electron chi connectivity index (χ2n) is 2.99. The molecule has 3 heteroatoms. The van der Waals surface area contributed by atoms with E-state index in [1.165, 1.54) is 0 Å². The van der Waals surface area contributed by atoms with Crippen LogP contribution in [-0.4, -0.2) is 18.0 Å². The molecule has 0 aliphatic rings. The number of rotatable bonds is 5. The Morgan fingerprint density at radius 1 is 1.21 bits per heavy atom. The van der Waals surface area contributed by atoms with E-state index in [1.807, 2.05) is 38.1 Å². The maximum absolute atomic E-state index is 5.59. The number of hydrogen-bond acceptors (Lipinski definition) is 2. The Kier molecular flexibility index (Phi) is 4.80. The van der Waals surface area contributed by atoms with E-state index in [0.29, 0.717) is 6.61 Å². The van der Waals surface area contributed by atoms with Crippen LogP contribution < -0.4 is 9.47 Å². The van der Waals surface area contributed by atoms with Gasteiger partial charge in [-0.3, -0.25) is 0 Å². The van der Waals surface area contributed by atoms with Crippen molar-refractivity contribution in [1.82, 2.24) is 0 Å². The Hall–Kier alpha value is -0.700. The highest BCUT2D eigenvalue weighted by Gasteiger charge is 2.01. The van der Waals surface area contributed by atoms with Crippen molar-refractivity contribution < 1.29 is 9.47 Å². The first-order valence-corrected chi connectivity index (χ1v) is 5.84. The summed E-state index contributed by atoms with van der Waals surface area (Å²) in [5, 5.41) is 0.834. The summed E-state index contributed by atoms with van der Waals surface area (Å²) in [5.41, 5.74) is 0. The molecule has 0 N–H and O–H groups in total. The molecule has 2 nitrogen and oxygen atoms in total. The van der Waals surface area contributed by atoms with E-state index in [0.717, 1.165) is 16.8 Å². The molecule has 0 amide bonds. The molecule has 1 rings (SSSR count). The SMILES string of the molecule is CCOc1ccc(OC(C)CBr)cc1. The van der Waals surface area contributed by atoms with Crippen molar-refractivity contribution in [2.75, 3.05) is 11.9 Å². The Morgan fingerprint density at radius 2 is 1.79 bits per heavy atom. The average molecular weight is 259 g/mol. The lowest BCUT2D eigenvalue weighted by atomic mass is 10.3. The van der Waals surface area contributed by atoms with Gasteiger partial charge in [-0.05, 0) is 38.1 Å². The number of halogens is 1. The summed E-state index contributed by atoms with van der Waals surface area (Å²) in [6.07, 6.45) is 0.188. The third-order valence-corrected chi connectivity index (χ3v) is 2.60. The third kappa shape index (κ3) is 3.58. The molecule has 0 spiro atoms. The summed E-state index contributed by atoms with van der Waals surface area (Å²) in [6, 6.07) is 7.67. The van der Waals surface area contributed by atoms with Gasteiger partial charge in [0.1, 0.15) is 17.6 Å². The lowest BCUT2D eigenvalue weighted by molar-refractivity contribution is 0.247. The zero-order chi connectivity index (χ0) is 10.4. The highest BCUT2D eigenvalue weighted by molar-refractivity contribution is 9.09. The van der Waals surface area contributed by atoms with Gasteiger partial charge in [0.25, 0.3) is 0 Å². The summed E-state index contributed by atoms with van der Waals surface area (Å²) in [4.78, 5) is 0. The number of ether oxygens (including phenoxy) is 2. The van der Waals surface area contributed by atoms with Gasteiger partial charge in [0.2, 0.25) is 0 Å². The minimum atomic E-state index is 0.188. The molecule has 14 heavy (non-hydrogen) atoms. The molecule has 78 valence electrons. The quantitative estimate of drug-likeness (QED) is 0.756. The van der Waals surface area contributed by atoms with Gasteiger partial charge in [0, 0.05) is 5.33 Å². The number of alkyl halides is 1. The molecule has 0 aromatic heterocycles. The average Bonchev–Trinajstić information content (AvgIpc) is 2.21. The molecule has 0 fully saturated rings. The first-order chi connectivity index (χ1) is 6.76. The topological polar surface area (TPSA) is 18.5 Å². The fourth-order valence-corrected chi connectivity index (χ4v) is 1.18. The van der Waals surface area contributed by atoms with Gasteiger partial charge in [-0.1, -0.05) is 15.9 Å². The molecule has 1 atom stereocenters. The highest BCUT2D eigenvalue weighted by atomic mass is 79.9. The first-order valence-electron chi connectivity index (χ1n) is 4.71. The summed E-state index contributed by atoms with van der Waals surface area (Å²) >= 11 is 3.36. The molecular weight excluding hydrogens is 244 g/mol. The van der Waals surface area contributed by atoms with Crippen molar-refractivity contribution in [3.8, 4) is 11.5 Å². The molecule has 0 saturated carbocycles. The molecule has 0 heterocycles. The molecule has 0 aliphatic carbocycles.